The van der Waals surface area contributed by atoms with Crippen LogP contribution in [0, 0.1) is 0 Å². The lowest BCUT2D eigenvalue weighted by molar-refractivity contribution is -0.192. The highest BCUT2D eigenvalue weighted by molar-refractivity contribution is 7.89. The molecule has 0 bridgehead atoms. The van der Waals surface area contributed by atoms with Gasteiger partial charge in [0.25, 0.3) is 5.91 Å². The van der Waals surface area contributed by atoms with E-state index >= 15 is 0 Å². The number of nitrogens with one attached hydrogen (secondary N) is 1. The highest BCUT2D eigenvalue weighted by atomic mass is 35.5. The number of rotatable bonds is 9. The van der Waals surface area contributed by atoms with Gasteiger partial charge in [-0.25, -0.2) is 13.2 Å². The molecule has 1 aromatic carbocycles. The first kappa shape index (κ1) is 29.1. The zero-order valence-corrected chi connectivity index (χ0v) is 19.8. The van der Waals surface area contributed by atoms with Gasteiger partial charge >= 0.3 is 12.1 Å². The maximum absolute atomic E-state index is 12.8. The Balaban J connectivity index is 0.000000675. The molecule has 1 aliphatic heterocycles. The minimum atomic E-state index is -5.08. The number of carbonyl (C=O) groups excluding carboxylic acids is 1. The van der Waals surface area contributed by atoms with Gasteiger partial charge in [0.05, 0.1) is 5.75 Å². The monoisotopic (exact) mass is 515 g/mol. The van der Waals surface area contributed by atoms with Crippen molar-refractivity contribution in [3.05, 3.63) is 34.9 Å². The number of nitrogens with zero attached hydrogens (tertiary/aromatic N) is 2. The molecule has 8 nitrogen and oxygen atoms in total. The fourth-order valence-electron chi connectivity index (χ4n) is 2.95. The van der Waals surface area contributed by atoms with Gasteiger partial charge in [-0.1, -0.05) is 37.4 Å². The van der Waals surface area contributed by atoms with Crippen molar-refractivity contribution in [1.29, 1.82) is 0 Å². The molecule has 0 spiro atoms. The standard InChI is InChI=1S/C18H28ClN3O3S.C2HF3O2/c1-2-3-4-10-21(18(23)16-6-5-7-17(19)15-16)13-14-26(24,25)22-11-8-20-9-12-22;3-2(4,5)1(6)7/h5-7,15,20H,2-4,8-14H2,1H3;(H,6,7). The summed E-state index contributed by atoms with van der Waals surface area (Å²) in [5.41, 5.74) is 0.494. The lowest BCUT2D eigenvalue weighted by Crippen LogP contribution is -2.48. The van der Waals surface area contributed by atoms with E-state index in [4.69, 9.17) is 21.5 Å². The Bertz CT molecular complexity index is 878. The Morgan fingerprint density at radius 1 is 1.18 bits per heavy atom. The molecule has 13 heteroatoms. The maximum Gasteiger partial charge on any atom is 0.490 e. The van der Waals surface area contributed by atoms with Crippen LogP contribution >= 0.6 is 11.6 Å². The number of aliphatic carboxylic acids is 1. The van der Waals surface area contributed by atoms with Gasteiger partial charge in [0.15, 0.2) is 0 Å². The Morgan fingerprint density at radius 3 is 2.30 bits per heavy atom. The highest BCUT2D eigenvalue weighted by Gasteiger charge is 2.38. The zero-order valence-electron chi connectivity index (χ0n) is 18.3. The van der Waals surface area contributed by atoms with Crippen LogP contribution in [0.5, 0.6) is 0 Å². The van der Waals surface area contributed by atoms with Crippen LogP contribution in [0.1, 0.15) is 36.5 Å². The normalized spacial score (nSPS) is 14.8. The smallest absolute Gasteiger partial charge is 0.475 e. The Hall–Kier alpha value is -1.89. The summed E-state index contributed by atoms with van der Waals surface area (Å²) in [7, 11) is -3.36. The second kappa shape index (κ2) is 13.7. The maximum atomic E-state index is 12.8. The second-order valence-corrected chi connectivity index (χ2v) is 9.80. The number of piperazine rings is 1. The quantitative estimate of drug-likeness (QED) is 0.490. The van der Waals surface area contributed by atoms with Gasteiger partial charge in [0, 0.05) is 49.9 Å². The molecule has 1 aromatic rings. The highest BCUT2D eigenvalue weighted by Crippen LogP contribution is 2.15. The van der Waals surface area contributed by atoms with Crippen molar-refractivity contribution >= 4 is 33.5 Å². The topological polar surface area (TPSA) is 107 Å². The number of amides is 1. The molecule has 33 heavy (non-hydrogen) atoms. The van der Waals surface area contributed by atoms with Crippen LogP contribution in [0.4, 0.5) is 13.2 Å². The molecule has 2 N–H and O–H groups in total. The summed E-state index contributed by atoms with van der Waals surface area (Å²) in [6.45, 7) is 5.15. The fourth-order valence-corrected chi connectivity index (χ4v) is 4.59. The van der Waals surface area contributed by atoms with Crippen LogP contribution < -0.4 is 5.32 Å². The van der Waals surface area contributed by atoms with E-state index in [0.29, 0.717) is 43.3 Å². The van der Waals surface area contributed by atoms with Crippen molar-refractivity contribution in [2.24, 2.45) is 0 Å². The molecule has 0 aliphatic carbocycles. The molecule has 2 rings (SSSR count). The summed E-state index contributed by atoms with van der Waals surface area (Å²) < 4.78 is 58.4. The van der Waals surface area contributed by atoms with Crippen LogP contribution in [-0.4, -0.2) is 85.8 Å². The molecular weight excluding hydrogens is 487 g/mol. The third kappa shape index (κ3) is 10.7. The number of hydrogen-bond donors (Lipinski definition) is 2. The van der Waals surface area contributed by atoms with E-state index in [0.717, 1.165) is 19.3 Å². The van der Waals surface area contributed by atoms with Crippen LogP contribution in [0.3, 0.4) is 0 Å². The van der Waals surface area contributed by atoms with Crippen LogP contribution in [0.2, 0.25) is 5.02 Å². The first-order valence-electron chi connectivity index (χ1n) is 10.4. The van der Waals surface area contributed by atoms with Gasteiger partial charge in [-0.05, 0) is 24.6 Å². The van der Waals surface area contributed by atoms with Crippen molar-refractivity contribution in [2.75, 3.05) is 45.0 Å². The molecule has 1 amide bonds. The Labute approximate surface area is 196 Å². The minimum absolute atomic E-state index is 0.0502. The number of carboxylic acids is 1. The minimum Gasteiger partial charge on any atom is -0.475 e. The van der Waals surface area contributed by atoms with Crippen LogP contribution in [0.15, 0.2) is 24.3 Å². The molecule has 0 saturated carbocycles. The average Bonchev–Trinajstić information content (AvgIpc) is 2.76. The molecule has 0 radical (unpaired) electrons. The molecule has 0 atom stereocenters. The van der Waals surface area contributed by atoms with E-state index < -0.39 is 22.2 Å². The summed E-state index contributed by atoms with van der Waals surface area (Å²) in [4.78, 5) is 23.4. The summed E-state index contributed by atoms with van der Waals surface area (Å²) in [6, 6.07) is 6.79. The zero-order chi connectivity index (χ0) is 25.1. The Kier molecular flexibility index (Phi) is 12.1. The van der Waals surface area contributed by atoms with Gasteiger partial charge in [-0.2, -0.15) is 17.5 Å². The van der Waals surface area contributed by atoms with Gasteiger partial charge in [-0.15, -0.1) is 0 Å². The molecule has 0 aromatic heterocycles. The SMILES string of the molecule is CCCCCN(CCS(=O)(=O)N1CCNCC1)C(=O)c1cccc(Cl)c1.O=C(O)C(F)(F)F. The molecular formula is C20H29ClF3N3O5S. The predicted molar refractivity (Wildman–Crippen MR) is 119 cm³/mol. The summed E-state index contributed by atoms with van der Waals surface area (Å²) in [6.07, 6.45) is -2.18. The molecule has 1 aliphatic rings. The number of unbranched alkanes of at least 4 members (excludes halogenated alkanes) is 2. The number of benzene rings is 1. The van der Waals surface area contributed by atoms with E-state index in [2.05, 4.69) is 12.2 Å². The van der Waals surface area contributed by atoms with Crippen molar-refractivity contribution in [3.8, 4) is 0 Å². The molecule has 0 unspecified atom stereocenters. The summed E-state index contributed by atoms with van der Waals surface area (Å²) >= 11 is 5.99. The Morgan fingerprint density at radius 2 is 1.79 bits per heavy atom. The number of halogens is 4. The van der Waals surface area contributed by atoms with E-state index in [1.165, 1.54) is 4.31 Å². The van der Waals surface area contributed by atoms with E-state index in [-0.39, 0.29) is 18.2 Å². The average molecular weight is 516 g/mol. The van der Waals surface area contributed by atoms with Crippen molar-refractivity contribution in [2.45, 2.75) is 32.4 Å². The van der Waals surface area contributed by atoms with Crippen LogP contribution in [-0.2, 0) is 14.8 Å². The van der Waals surface area contributed by atoms with E-state index in [9.17, 15) is 26.4 Å². The molecule has 188 valence electrons. The van der Waals surface area contributed by atoms with Crippen molar-refractivity contribution in [3.63, 3.8) is 0 Å². The summed E-state index contributed by atoms with van der Waals surface area (Å²) in [5.74, 6) is -2.97. The summed E-state index contributed by atoms with van der Waals surface area (Å²) in [5, 5.41) is 10.8. The third-order valence-corrected chi connectivity index (χ3v) is 6.81. The number of carboxylic acid groups (broad SMARTS) is 1. The number of carbonyl (C=O) groups is 2. The predicted octanol–water partition coefficient (Wildman–Crippen LogP) is 2.84. The lowest BCUT2D eigenvalue weighted by Gasteiger charge is -2.28. The van der Waals surface area contributed by atoms with Gasteiger partial charge in [-0.3, -0.25) is 4.79 Å². The van der Waals surface area contributed by atoms with E-state index in [1.807, 2.05) is 0 Å². The number of hydrogen-bond acceptors (Lipinski definition) is 5. The van der Waals surface area contributed by atoms with Crippen molar-refractivity contribution in [1.82, 2.24) is 14.5 Å². The third-order valence-electron chi connectivity index (χ3n) is 4.72. The first-order chi connectivity index (χ1) is 15.4. The number of alkyl halides is 3. The lowest BCUT2D eigenvalue weighted by atomic mass is 10.2. The number of sulfonamides is 1. The van der Waals surface area contributed by atoms with E-state index in [1.54, 1.807) is 29.2 Å². The molecule has 1 fully saturated rings. The van der Waals surface area contributed by atoms with Crippen LogP contribution in [0.25, 0.3) is 0 Å². The first-order valence-corrected chi connectivity index (χ1v) is 12.4. The molecule has 1 saturated heterocycles. The van der Waals surface area contributed by atoms with Crippen molar-refractivity contribution < 1.29 is 36.3 Å². The van der Waals surface area contributed by atoms with Gasteiger partial charge in [0.2, 0.25) is 10.0 Å². The molecule has 1 heterocycles. The van der Waals surface area contributed by atoms with Gasteiger partial charge < -0.3 is 15.3 Å². The largest absolute Gasteiger partial charge is 0.490 e. The second-order valence-electron chi connectivity index (χ2n) is 7.28. The van der Waals surface area contributed by atoms with Gasteiger partial charge in [0.1, 0.15) is 0 Å². The fraction of sp³-hybridized carbons (Fsp3) is 0.600.